The van der Waals surface area contributed by atoms with Gasteiger partial charge in [0.1, 0.15) is 5.69 Å². The molecule has 0 fully saturated rings. The molecule has 0 saturated heterocycles. The van der Waals surface area contributed by atoms with Crippen LogP contribution in [0.15, 0.2) is 12.1 Å². The number of nitrogens with zero attached hydrogens (tertiary/aromatic N) is 2. The van der Waals surface area contributed by atoms with Crippen LogP contribution in [0.4, 0.5) is 0 Å². The summed E-state index contributed by atoms with van der Waals surface area (Å²) in [5, 5.41) is 3.31. The van der Waals surface area contributed by atoms with E-state index >= 15 is 0 Å². The van der Waals surface area contributed by atoms with Crippen LogP contribution in [0, 0.1) is 13.8 Å². The summed E-state index contributed by atoms with van der Waals surface area (Å²) in [6.07, 6.45) is 3.23. The van der Waals surface area contributed by atoms with Crippen molar-refractivity contribution in [3.05, 3.63) is 34.7 Å². The molecule has 102 valence electrons. The first-order valence-corrected chi connectivity index (χ1v) is 6.60. The maximum Gasteiger partial charge on any atom is 0.271 e. The molecule has 1 aromatic heterocycles. The van der Waals surface area contributed by atoms with Crippen molar-refractivity contribution in [2.45, 2.75) is 20.3 Å². The molecule has 4 heteroatoms. The minimum absolute atomic E-state index is 0.0444. The third-order valence-corrected chi connectivity index (χ3v) is 3.41. The maximum atomic E-state index is 12.0. The summed E-state index contributed by atoms with van der Waals surface area (Å²) in [6.45, 7) is 5.95. The maximum absolute atomic E-state index is 12.0. The van der Waals surface area contributed by atoms with Gasteiger partial charge in [0.2, 0.25) is 0 Å². The van der Waals surface area contributed by atoms with Gasteiger partial charge < -0.3 is 10.2 Å². The van der Waals surface area contributed by atoms with E-state index in [-0.39, 0.29) is 5.91 Å². The standard InChI is InChI=1S/C15H21N3O/c1-10-9-13(15(19)18(3)4)17-11(2)14(10)12-5-7-16-8-6-12/h5,9,16H,6-8H2,1-4H3. The van der Waals surface area contributed by atoms with E-state index in [1.807, 2.05) is 13.0 Å². The Bertz CT molecular complexity index is 509. The minimum atomic E-state index is -0.0444. The van der Waals surface area contributed by atoms with Gasteiger partial charge in [0.15, 0.2) is 0 Å². The van der Waals surface area contributed by atoms with E-state index in [1.54, 1.807) is 19.0 Å². The number of aryl methyl sites for hydroxylation is 2. The first-order valence-electron chi connectivity index (χ1n) is 6.60. The van der Waals surface area contributed by atoms with Crippen molar-refractivity contribution in [1.29, 1.82) is 0 Å². The summed E-state index contributed by atoms with van der Waals surface area (Å²) >= 11 is 0. The molecule has 1 aliphatic rings. The van der Waals surface area contributed by atoms with Crippen LogP contribution >= 0.6 is 0 Å². The fraction of sp³-hybridized carbons (Fsp3) is 0.467. The van der Waals surface area contributed by atoms with E-state index in [0.717, 1.165) is 30.8 Å². The molecule has 0 bridgehead atoms. The molecule has 0 aromatic carbocycles. The summed E-state index contributed by atoms with van der Waals surface area (Å²) in [7, 11) is 3.50. The van der Waals surface area contributed by atoms with Crippen molar-refractivity contribution in [2.24, 2.45) is 0 Å². The molecule has 2 rings (SSSR count). The summed E-state index contributed by atoms with van der Waals surface area (Å²) in [5.41, 5.74) is 5.14. The number of hydrogen-bond acceptors (Lipinski definition) is 3. The smallest absolute Gasteiger partial charge is 0.271 e. The lowest BCUT2D eigenvalue weighted by atomic mass is 9.94. The predicted octanol–water partition coefficient (Wildman–Crippen LogP) is 1.78. The Balaban J connectivity index is 2.43. The second-order valence-electron chi connectivity index (χ2n) is 5.17. The molecule has 0 atom stereocenters. The van der Waals surface area contributed by atoms with Gasteiger partial charge in [-0.25, -0.2) is 4.98 Å². The third-order valence-electron chi connectivity index (χ3n) is 3.41. The Morgan fingerprint density at radius 3 is 2.63 bits per heavy atom. The molecule has 0 saturated carbocycles. The molecule has 1 N–H and O–H groups in total. The third kappa shape index (κ3) is 2.84. The summed E-state index contributed by atoms with van der Waals surface area (Å²) in [6, 6.07) is 1.90. The van der Waals surface area contributed by atoms with Crippen molar-refractivity contribution in [1.82, 2.24) is 15.2 Å². The molecule has 4 nitrogen and oxygen atoms in total. The number of aromatic nitrogens is 1. The molecule has 0 aliphatic carbocycles. The Hall–Kier alpha value is -1.68. The fourth-order valence-electron chi connectivity index (χ4n) is 2.51. The molecule has 1 aliphatic heterocycles. The zero-order chi connectivity index (χ0) is 14.0. The van der Waals surface area contributed by atoms with E-state index in [1.165, 1.54) is 11.1 Å². The fourth-order valence-corrected chi connectivity index (χ4v) is 2.51. The monoisotopic (exact) mass is 259 g/mol. The van der Waals surface area contributed by atoms with Crippen LogP contribution < -0.4 is 5.32 Å². The number of amides is 1. The normalized spacial score (nSPS) is 15.1. The van der Waals surface area contributed by atoms with E-state index < -0.39 is 0 Å². The van der Waals surface area contributed by atoms with Crippen molar-refractivity contribution in [3.63, 3.8) is 0 Å². The van der Waals surface area contributed by atoms with Crippen molar-refractivity contribution >= 4 is 11.5 Å². The first-order chi connectivity index (χ1) is 9.00. The molecule has 0 unspecified atom stereocenters. The van der Waals surface area contributed by atoms with Crippen LogP contribution in [0.1, 0.15) is 33.7 Å². The zero-order valence-corrected chi connectivity index (χ0v) is 12.1. The van der Waals surface area contributed by atoms with Crippen LogP contribution in [-0.2, 0) is 0 Å². The van der Waals surface area contributed by atoms with E-state index in [0.29, 0.717) is 5.69 Å². The molecule has 0 radical (unpaired) electrons. The van der Waals surface area contributed by atoms with E-state index in [4.69, 9.17) is 0 Å². The largest absolute Gasteiger partial charge is 0.343 e. The molecule has 2 heterocycles. The van der Waals surface area contributed by atoms with Crippen LogP contribution in [0.2, 0.25) is 0 Å². The molecular formula is C15H21N3O. The Morgan fingerprint density at radius 1 is 1.37 bits per heavy atom. The predicted molar refractivity (Wildman–Crippen MR) is 77.2 cm³/mol. The van der Waals surface area contributed by atoms with Crippen LogP contribution in [0.25, 0.3) is 5.57 Å². The van der Waals surface area contributed by atoms with Gasteiger partial charge in [0.25, 0.3) is 5.91 Å². The number of pyridine rings is 1. The van der Waals surface area contributed by atoms with E-state index in [9.17, 15) is 4.79 Å². The van der Waals surface area contributed by atoms with Gasteiger partial charge in [-0.2, -0.15) is 0 Å². The lowest BCUT2D eigenvalue weighted by Gasteiger charge is -2.19. The molecule has 1 aromatic rings. The Morgan fingerprint density at radius 2 is 2.11 bits per heavy atom. The molecule has 1 amide bonds. The molecule has 19 heavy (non-hydrogen) atoms. The quantitative estimate of drug-likeness (QED) is 0.880. The van der Waals surface area contributed by atoms with Gasteiger partial charge in [-0.05, 0) is 44.0 Å². The molecule has 0 spiro atoms. The number of rotatable bonds is 2. The summed E-state index contributed by atoms with van der Waals surface area (Å²) < 4.78 is 0. The summed E-state index contributed by atoms with van der Waals surface area (Å²) in [4.78, 5) is 18.0. The number of nitrogens with one attached hydrogen (secondary N) is 1. The van der Waals surface area contributed by atoms with Crippen molar-refractivity contribution in [2.75, 3.05) is 27.2 Å². The lowest BCUT2D eigenvalue weighted by molar-refractivity contribution is 0.0821. The molecular weight excluding hydrogens is 238 g/mol. The zero-order valence-electron chi connectivity index (χ0n) is 12.1. The van der Waals surface area contributed by atoms with Gasteiger partial charge in [-0.15, -0.1) is 0 Å². The number of carbonyl (C=O) groups is 1. The van der Waals surface area contributed by atoms with Crippen LogP contribution in [0.3, 0.4) is 0 Å². The average molecular weight is 259 g/mol. The van der Waals surface area contributed by atoms with E-state index in [2.05, 4.69) is 23.3 Å². The second-order valence-corrected chi connectivity index (χ2v) is 5.17. The van der Waals surface area contributed by atoms with Gasteiger partial charge in [0, 0.05) is 31.9 Å². The van der Waals surface area contributed by atoms with Crippen molar-refractivity contribution < 1.29 is 4.79 Å². The van der Waals surface area contributed by atoms with Crippen LogP contribution in [0.5, 0.6) is 0 Å². The van der Waals surface area contributed by atoms with Gasteiger partial charge in [-0.1, -0.05) is 6.08 Å². The topological polar surface area (TPSA) is 45.2 Å². The highest BCUT2D eigenvalue weighted by Gasteiger charge is 2.16. The first kappa shape index (κ1) is 13.7. The van der Waals surface area contributed by atoms with Crippen LogP contribution in [-0.4, -0.2) is 43.0 Å². The lowest BCUT2D eigenvalue weighted by Crippen LogP contribution is -2.24. The number of carbonyl (C=O) groups excluding carboxylic acids is 1. The highest BCUT2D eigenvalue weighted by molar-refractivity contribution is 5.92. The van der Waals surface area contributed by atoms with Gasteiger partial charge in [0.05, 0.1) is 0 Å². The van der Waals surface area contributed by atoms with Crippen molar-refractivity contribution in [3.8, 4) is 0 Å². The second kappa shape index (κ2) is 5.53. The highest BCUT2D eigenvalue weighted by atomic mass is 16.2. The van der Waals surface area contributed by atoms with Gasteiger partial charge in [-0.3, -0.25) is 4.79 Å². The average Bonchev–Trinajstić information content (AvgIpc) is 2.38. The summed E-state index contributed by atoms with van der Waals surface area (Å²) in [5.74, 6) is -0.0444. The number of hydrogen-bond donors (Lipinski definition) is 1. The Kier molecular flexibility index (Phi) is 4.00. The Labute approximate surface area is 114 Å². The highest BCUT2D eigenvalue weighted by Crippen LogP contribution is 2.26. The SMILES string of the molecule is Cc1cc(C(=O)N(C)C)nc(C)c1C1=CCNCC1. The minimum Gasteiger partial charge on any atom is -0.343 e. The van der Waals surface area contributed by atoms with Gasteiger partial charge >= 0.3 is 0 Å².